The fourth-order valence-electron chi connectivity index (χ4n) is 1.06. The highest BCUT2D eigenvalue weighted by atomic mass is 32.2. The molecule has 2 rings (SSSR count). The van der Waals surface area contributed by atoms with E-state index in [1.165, 1.54) is 18.3 Å². The van der Waals surface area contributed by atoms with Crippen molar-refractivity contribution in [3.05, 3.63) is 18.3 Å². The molecule has 0 saturated heterocycles. The number of hydrogen-bond donors (Lipinski definition) is 3. The molecule has 0 bridgehead atoms. The highest BCUT2D eigenvalue weighted by Gasteiger charge is 2.20. The standard InChI is InChI=1S/C6H7N7O2S2/c7-9-5-4(2-1-3-8-5)17(14,15)11-6-10-12-13-16-6/h1-3H,7H2,(H,8,9)(H,10,11,13). The molecule has 9 nitrogen and oxygen atoms in total. The van der Waals surface area contributed by atoms with E-state index < -0.39 is 10.0 Å². The molecule has 4 N–H and O–H groups in total. The quantitative estimate of drug-likeness (QED) is 0.497. The number of nitrogens with zero attached hydrogens (tertiary/aromatic N) is 4. The van der Waals surface area contributed by atoms with E-state index >= 15 is 0 Å². The zero-order valence-corrected chi connectivity index (χ0v) is 9.86. The summed E-state index contributed by atoms with van der Waals surface area (Å²) in [6, 6.07) is 2.84. The van der Waals surface area contributed by atoms with Crippen LogP contribution in [0.1, 0.15) is 0 Å². The minimum absolute atomic E-state index is 0.0393. The lowest BCUT2D eigenvalue weighted by molar-refractivity contribution is 0.601. The van der Waals surface area contributed by atoms with Crippen molar-refractivity contribution in [3.63, 3.8) is 0 Å². The van der Waals surface area contributed by atoms with Crippen LogP contribution in [-0.4, -0.2) is 28.2 Å². The Morgan fingerprint density at radius 2 is 2.24 bits per heavy atom. The molecule has 2 heterocycles. The van der Waals surface area contributed by atoms with Crippen LogP contribution in [0.4, 0.5) is 10.9 Å². The molecule has 17 heavy (non-hydrogen) atoms. The van der Waals surface area contributed by atoms with Gasteiger partial charge < -0.3 is 5.43 Å². The molecule has 0 aliphatic rings. The summed E-state index contributed by atoms with van der Waals surface area (Å²) in [6.45, 7) is 0. The first-order valence-electron chi connectivity index (χ1n) is 4.23. The minimum atomic E-state index is -3.81. The van der Waals surface area contributed by atoms with Gasteiger partial charge in [-0.1, -0.05) is 9.59 Å². The number of pyridine rings is 1. The van der Waals surface area contributed by atoms with Gasteiger partial charge >= 0.3 is 0 Å². The van der Waals surface area contributed by atoms with Crippen molar-refractivity contribution in [3.8, 4) is 0 Å². The topological polar surface area (TPSA) is 136 Å². The maximum atomic E-state index is 11.9. The first kappa shape index (κ1) is 11.6. The molecule has 0 fully saturated rings. The Balaban J connectivity index is 2.38. The maximum Gasteiger partial charge on any atom is 0.267 e. The Hall–Kier alpha value is -1.85. The molecule has 0 unspecified atom stereocenters. The second kappa shape index (κ2) is 4.57. The highest BCUT2D eigenvalue weighted by molar-refractivity contribution is 7.93. The molecule has 0 saturated carbocycles. The average Bonchev–Trinajstić information content (AvgIpc) is 2.81. The molecule has 2 aromatic heterocycles. The number of hydrazine groups is 1. The van der Waals surface area contributed by atoms with E-state index in [4.69, 9.17) is 5.84 Å². The Morgan fingerprint density at radius 3 is 2.88 bits per heavy atom. The van der Waals surface area contributed by atoms with Gasteiger partial charge in [0.05, 0.1) is 0 Å². The molecule has 2 aromatic rings. The van der Waals surface area contributed by atoms with Gasteiger partial charge in [0, 0.05) is 17.7 Å². The molecule has 0 spiro atoms. The van der Waals surface area contributed by atoms with Gasteiger partial charge in [-0.25, -0.2) is 19.2 Å². The van der Waals surface area contributed by atoms with E-state index in [0.717, 1.165) is 11.5 Å². The van der Waals surface area contributed by atoms with Crippen LogP contribution in [0.5, 0.6) is 0 Å². The van der Waals surface area contributed by atoms with Crippen molar-refractivity contribution in [1.29, 1.82) is 0 Å². The number of rotatable bonds is 4. The SMILES string of the molecule is NNc1ncccc1S(=O)(=O)Nc1nnns1. The molecule has 0 aliphatic heterocycles. The maximum absolute atomic E-state index is 11.9. The van der Waals surface area contributed by atoms with E-state index in [1.807, 2.05) is 0 Å². The lowest BCUT2D eigenvalue weighted by Crippen LogP contribution is -2.18. The van der Waals surface area contributed by atoms with Gasteiger partial charge in [-0.15, -0.1) is 0 Å². The van der Waals surface area contributed by atoms with Gasteiger partial charge in [0.25, 0.3) is 10.0 Å². The summed E-state index contributed by atoms with van der Waals surface area (Å²) in [4.78, 5) is 3.70. The molecule has 0 atom stereocenters. The number of sulfonamides is 1. The van der Waals surface area contributed by atoms with Crippen LogP contribution < -0.4 is 16.0 Å². The lowest BCUT2D eigenvalue weighted by Gasteiger charge is -2.07. The molecular weight excluding hydrogens is 266 g/mol. The van der Waals surface area contributed by atoms with E-state index in [-0.39, 0.29) is 15.8 Å². The van der Waals surface area contributed by atoms with Crippen molar-refractivity contribution < 1.29 is 8.42 Å². The summed E-state index contributed by atoms with van der Waals surface area (Å²) in [6.07, 6.45) is 1.42. The molecule has 90 valence electrons. The van der Waals surface area contributed by atoms with E-state index in [2.05, 4.69) is 29.9 Å². The summed E-state index contributed by atoms with van der Waals surface area (Å²) in [5, 5.41) is 6.82. The summed E-state index contributed by atoms with van der Waals surface area (Å²) in [5.74, 6) is 5.22. The Morgan fingerprint density at radius 1 is 1.41 bits per heavy atom. The van der Waals surface area contributed by atoms with Crippen molar-refractivity contribution in [2.24, 2.45) is 5.84 Å². The van der Waals surface area contributed by atoms with Crippen LogP contribution in [0.15, 0.2) is 23.2 Å². The van der Waals surface area contributed by atoms with E-state index in [9.17, 15) is 8.42 Å². The van der Waals surface area contributed by atoms with Gasteiger partial charge in [0.15, 0.2) is 5.82 Å². The Labute approximate surface area is 100 Å². The first-order chi connectivity index (χ1) is 8.13. The van der Waals surface area contributed by atoms with Gasteiger partial charge in [-0.2, -0.15) is 0 Å². The summed E-state index contributed by atoms with van der Waals surface area (Å²) in [7, 11) is -3.81. The van der Waals surface area contributed by atoms with Crippen LogP contribution in [0, 0.1) is 0 Å². The van der Waals surface area contributed by atoms with Gasteiger partial charge in [0.2, 0.25) is 5.13 Å². The summed E-state index contributed by atoms with van der Waals surface area (Å²) < 4.78 is 29.5. The van der Waals surface area contributed by atoms with E-state index in [0.29, 0.717) is 0 Å². The summed E-state index contributed by atoms with van der Waals surface area (Å²) in [5.41, 5.74) is 2.20. The number of aromatic nitrogens is 4. The third-order valence-electron chi connectivity index (χ3n) is 1.72. The summed E-state index contributed by atoms with van der Waals surface area (Å²) >= 11 is 0.823. The van der Waals surface area contributed by atoms with Crippen molar-refractivity contribution in [2.45, 2.75) is 4.90 Å². The van der Waals surface area contributed by atoms with Crippen LogP contribution in [0.2, 0.25) is 0 Å². The zero-order chi connectivity index (χ0) is 12.3. The Bertz CT molecular complexity index is 597. The molecule has 0 amide bonds. The molecule has 0 aromatic carbocycles. The second-order valence-corrected chi connectivity index (χ2v) is 5.15. The first-order valence-corrected chi connectivity index (χ1v) is 6.48. The molecule has 0 aliphatic carbocycles. The van der Waals surface area contributed by atoms with E-state index in [1.54, 1.807) is 0 Å². The van der Waals surface area contributed by atoms with Crippen molar-refractivity contribution >= 4 is 32.5 Å². The fraction of sp³-hybridized carbons (Fsp3) is 0. The predicted octanol–water partition coefficient (Wildman–Crippen LogP) is -0.586. The minimum Gasteiger partial charge on any atom is -0.307 e. The number of hydrogen-bond acceptors (Lipinski definition) is 9. The molecular formula is C6H7N7O2S2. The number of anilines is 2. The van der Waals surface area contributed by atoms with Gasteiger partial charge in [-0.05, 0) is 17.3 Å². The highest BCUT2D eigenvalue weighted by Crippen LogP contribution is 2.20. The Kier molecular flexibility index (Phi) is 3.12. The average molecular weight is 273 g/mol. The van der Waals surface area contributed by atoms with Crippen molar-refractivity contribution in [1.82, 2.24) is 19.8 Å². The third kappa shape index (κ3) is 2.46. The van der Waals surface area contributed by atoms with Gasteiger partial charge in [0.1, 0.15) is 4.90 Å². The molecule has 0 radical (unpaired) electrons. The lowest BCUT2D eigenvalue weighted by atomic mass is 10.5. The van der Waals surface area contributed by atoms with Crippen LogP contribution in [-0.2, 0) is 10.0 Å². The van der Waals surface area contributed by atoms with Crippen LogP contribution in [0.25, 0.3) is 0 Å². The fourth-order valence-corrected chi connectivity index (χ4v) is 2.76. The number of nitrogen functional groups attached to an aromatic ring is 1. The smallest absolute Gasteiger partial charge is 0.267 e. The van der Waals surface area contributed by atoms with Crippen molar-refractivity contribution in [2.75, 3.05) is 10.1 Å². The van der Waals surface area contributed by atoms with Gasteiger partial charge in [-0.3, -0.25) is 4.72 Å². The van der Waals surface area contributed by atoms with Crippen LogP contribution in [0.3, 0.4) is 0 Å². The number of nitrogens with two attached hydrogens (primary N) is 1. The second-order valence-electron chi connectivity index (χ2n) is 2.77. The monoisotopic (exact) mass is 273 g/mol. The largest absolute Gasteiger partial charge is 0.307 e. The predicted molar refractivity (Wildman–Crippen MR) is 60.6 cm³/mol. The van der Waals surface area contributed by atoms with Crippen LogP contribution >= 0.6 is 11.5 Å². The number of nitrogens with one attached hydrogen (secondary N) is 2. The zero-order valence-electron chi connectivity index (χ0n) is 8.23. The normalized spacial score (nSPS) is 11.1. The third-order valence-corrected chi connectivity index (χ3v) is 3.73. The molecule has 11 heteroatoms.